The topological polar surface area (TPSA) is 68.3 Å². The summed E-state index contributed by atoms with van der Waals surface area (Å²) < 4.78 is 5.71. The molecule has 0 saturated carbocycles. The van der Waals surface area contributed by atoms with E-state index in [9.17, 15) is 4.79 Å². The number of hydrogen-bond donors (Lipinski definition) is 2. The van der Waals surface area contributed by atoms with Crippen molar-refractivity contribution >= 4 is 34.2 Å². The standard InChI is InChI=1S/C11H17BrN2O2.ClH/c1-3-11(13,4-2)7-14-10(15)9-8(12)5-6-16-9;/h5-6H,3-4,7,13H2,1-2H3,(H,14,15);1H. The molecule has 1 heterocycles. The van der Waals surface area contributed by atoms with Gasteiger partial charge in [0.1, 0.15) is 0 Å². The first kappa shape index (κ1) is 16.5. The molecule has 1 aromatic rings. The van der Waals surface area contributed by atoms with Gasteiger partial charge in [-0.3, -0.25) is 4.79 Å². The Hall–Kier alpha value is -0.520. The number of carbonyl (C=O) groups excluding carboxylic acids is 1. The van der Waals surface area contributed by atoms with Crippen LogP contribution in [-0.2, 0) is 0 Å². The Kier molecular flexibility index (Phi) is 6.82. The summed E-state index contributed by atoms with van der Waals surface area (Å²) in [5, 5.41) is 2.78. The molecule has 0 spiro atoms. The van der Waals surface area contributed by atoms with Crippen LogP contribution in [0.3, 0.4) is 0 Å². The Morgan fingerprint density at radius 1 is 1.53 bits per heavy atom. The normalized spacial score (nSPS) is 10.8. The van der Waals surface area contributed by atoms with Gasteiger partial charge in [-0.25, -0.2) is 0 Å². The van der Waals surface area contributed by atoms with Crippen LogP contribution >= 0.6 is 28.3 Å². The lowest BCUT2D eigenvalue weighted by atomic mass is 9.94. The number of nitrogens with one attached hydrogen (secondary N) is 1. The van der Waals surface area contributed by atoms with Crippen LogP contribution in [0.5, 0.6) is 0 Å². The minimum atomic E-state index is -0.339. The average molecular weight is 326 g/mol. The molecule has 0 aliphatic rings. The second-order valence-corrected chi connectivity index (χ2v) is 4.70. The van der Waals surface area contributed by atoms with Crippen molar-refractivity contribution in [3.63, 3.8) is 0 Å². The summed E-state index contributed by atoms with van der Waals surface area (Å²) in [5.41, 5.74) is 5.74. The Balaban J connectivity index is 0.00000256. The van der Waals surface area contributed by atoms with Crippen molar-refractivity contribution < 1.29 is 9.21 Å². The Labute approximate surface area is 116 Å². The third-order valence-corrected chi connectivity index (χ3v) is 3.46. The monoisotopic (exact) mass is 324 g/mol. The van der Waals surface area contributed by atoms with E-state index in [0.29, 0.717) is 11.0 Å². The summed E-state index contributed by atoms with van der Waals surface area (Å²) in [6, 6.07) is 1.68. The van der Waals surface area contributed by atoms with Gasteiger partial charge in [-0.1, -0.05) is 13.8 Å². The molecule has 0 radical (unpaired) electrons. The molecule has 0 bridgehead atoms. The van der Waals surface area contributed by atoms with Crippen molar-refractivity contribution in [1.29, 1.82) is 0 Å². The highest BCUT2D eigenvalue weighted by atomic mass is 79.9. The number of halogens is 2. The van der Waals surface area contributed by atoms with Crippen molar-refractivity contribution in [2.75, 3.05) is 6.54 Å². The number of nitrogens with two attached hydrogens (primary N) is 1. The van der Waals surface area contributed by atoms with Crippen LogP contribution in [-0.4, -0.2) is 18.0 Å². The molecule has 6 heteroatoms. The lowest BCUT2D eigenvalue weighted by molar-refractivity contribution is 0.0913. The first-order chi connectivity index (χ1) is 7.52. The SMILES string of the molecule is CCC(N)(CC)CNC(=O)c1occc1Br.Cl. The first-order valence-electron chi connectivity index (χ1n) is 5.32. The summed E-state index contributed by atoms with van der Waals surface area (Å²) in [5.74, 6) is 0.0446. The third-order valence-electron chi connectivity index (χ3n) is 2.83. The van der Waals surface area contributed by atoms with Crippen LogP contribution in [0.2, 0.25) is 0 Å². The van der Waals surface area contributed by atoms with E-state index in [4.69, 9.17) is 10.2 Å². The quantitative estimate of drug-likeness (QED) is 0.874. The number of furan rings is 1. The zero-order valence-electron chi connectivity index (χ0n) is 9.96. The molecule has 0 aliphatic heterocycles. The van der Waals surface area contributed by atoms with Crippen LogP contribution < -0.4 is 11.1 Å². The molecule has 0 aliphatic carbocycles. The van der Waals surface area contributed by atoms with Crippen LogP contribution in [0, 0.1) is 0 Å². The van der Waals surface area contributed by atoms with Crippen molar-refractivity contribution in [3.05, 3.63) is 22.6 Å². The van der Waals surface area contributed by atoms with E-state index in [1.807, 2.05) is 13.8 Å². The van der Waals surface area contributed by atoms with Crippen molar-refractivity contribution in [2.24, 2.45) is 5.73 Å². The van der Waals surface area contributed by atoms with Crippen molar-refractivity contribution in [1.82, 2.24) is 5.32 Å². The summed E-state index contributed by atoms with van der Waals surface area (Å²) in [6.07, 6.45) is 3.11. The van der Waals surface area contributed by atoms with Gasteiger partial charge in [0.25, 0.3) is 5.91 Å². The predicted octanol–water partition coefficient (Wildman–Crippen LogP) is 2.71. The molecule has 0 fully saturated rings. The fraction of sp³-hybridized carbons (Fsp3) is 0.545. The highest BCUT2D eigenvalue weighted by Crippen LogP contribution is 2.17. The van der Waals surface area contributed by atoms with Gasteiger partial charge in [0.2, 0.25) is 5.76 Å². The second kappa shape index (κ2) is 7.03. The summed E-state index contributed by atoms with van der Waals surface area (Å²) in [6.45, 7) is 4.48. The minimum absolute atomic E-state index is 0. The van der Waals surface area contributed by atoms with Crippen LogP contribution in [0.15, 0.2) is 21.2 Å². The fourth-order valence-electron chi connectivity index (χ4n) is 1.29. The van der Waals surface area contributed by atoms with Crippen molar-refractivity contribution in [2.45, 2.75) is 32.2 Å². The van der Waals surface area contributed by atoms with Gasteiger partial charge in [-0.2, -0.15) is 0 Å². The number of rotatable bonds is 5. The van der Waals surface area contributed by atoms with Crippen LogP contribution in [0.4, 0.5) is 0 Å². The van der Waals surface area contributed by atoms with Gasteiger partial charge in [0, 0.05) is 12.1 Å². The summed E-state index contributed by atoms with van der Waals surface area (Å²) in [4.78, 5) is 11.7. The molecule has 3 N–H and O–H groups in total. The van der Waals surface area contributed by atoms with E-state index in [1.54, 1.807) is 6.07 Å². The van der Waals surface area contributed by atoms with E-state index in [0.717, 1.165) is 12.8 Å². The third kappa shape index (κ3) is 4.33. The van der Waals surface area contributed by atoms with Gasteiger partial charge in [0.15, 0.2) is 0 Å². The smallest absolute Gasteiger partial charge is 0.288 e. The maximum atomic E-state index is 11.7. The van der Waals surface area contributed by atoms with E-state index in [1.165, 1.54) is 6.26 Å². The van der Waals surface area contributed by atoms with Crippen molar-refractivity contribution in [3.8, 4) is 0 Å². The highest BCUT2D eigenvalue weighted by molar-refractivity contribution is 9.10. The molecule has 1 amide bonds. The van der Waals surface area contributed by atoms with Gasteiger partial charge >= 0.3 is 0 Å². The summed E-state index contributed by atoms with van der Waals surface area (Å²) >= 11 is 3.24. The van der Waals surface area contributed by atoms with Gasteiger partial charge < -0.3 is 15.5 Å². The molecule has 17 heavy (non-hydrogen) atoms. The minimum Gasteiger partial charge on any atom is -0.458 e. The molecular formula is C11H18BrClN2O2. The first-order valence-corrected chi connectivity index (χ1v) is 6.12. The van der Waals surface area contributed by atoms with Gasteiger partial charge in [0.05, 0.1) is 10.7 Å². The molecule has 0 aromatic carbocycles. The maximum Gasteiger partial charge on any atom is 0.288 e. The molecular weight excluding hydrogens is 307 g/mol. The Morgan fingerprint density at radius 2 is 2.12 bits per heavy atom. The lowest BCUT2D eigenvalue weighted by Crippen LogP contribution is -2.49. The molecule has 1 rings (SSSR count). The molecule has 0 unspecified atom stereocenters. The molecule has 1 aromatic heterocycles. The Bertz CT molecular complexity index is 364. The number of amides is 1. The second-order valence-electron chi connectivity index (χ2n) is 3.85. The molecule has 4 nitrogen and oxygen atoms in total. The zero-order valence-corrected chi connectivity index (χ0v) is 12.4. The van der Waals surface area contributed by atoms with E-state index < -0.39 is 0 Å². The van der Waals surface area contributed by atoms with Crippen LogP contribution in [0.25, 0.3) is 0 Å². The molecule has 98 valence electrons. The highest BCUT2D eigenvalue weighted by Gasteiger charge is 2.22. The average Bonchev–Trinajstić information content (AvgIpc) is 2.72. The van der Waals surface area contributed by atoms with E-state index in [-0.39, 0.29) is 29.6 Å². The predicted molar refractivity (Wildman–Crippen MR) is 73.5 cm³/mol. The molecule has 0 atom stereocenters. The number of carbonyl (C=O) groups is 1. The molecule has 0 saturated heterocycles. The number of hydrogen-bond acceptors (Lipinski definition) is 3. The maximum absolute atomic E-state index is 11.7. The lowest BCUT2D eigenvalue weighted by Gasteiger charge is -2.26. The fourth-order valence-corrected chi connectivity index (χ4v) is 1.67. The van der Waals surface area contributed by atoms with E-state index >= 15 is 0 Å². The van der Waals surface area contributed by atoms with Crippen LogP contribution in [0.1, 0.15) is 37.2 Å². The Morgan fingerprint density at radius 3 is 2.53 bits per heavy atom. The largest absolute Gasteiger partial charge is 0.458 e. The van der Waals surface area contributed by atoms with Gasteiger partial charge in [-0.05, 0) is 34.8 Å². The zero-order chi connectivity index (χ0) is 12.2. The van der Waals surface area contributed by atoms with E-state index in [2.05, 4.69) is 21.2 Å². The van der Waals surface area contributed by atoms with Gasteiger partial charge in [-0.15, -0.1) is 12.4 Å². The summed E-state index contributed by atoms with van der Waals surface area (Å²) in [7, 11) is 0.